The number of aliphatic hydroxyl groups is 3. The van der Waals surface area contributed by atoms with Crippen molar-refractivity contribution in [1.82, 2.24) is 14.7 Å². The zero-order valence-electron chi connectivity index (χ0n) is 35.7. The van der Waals surface area contributed by atoms with Gasteiger partial charge in [-0.25, -0.2) is 4.79 Å². The first-order valence-corrected chi connectivity index (χ1v) is 21.2. The lowest BCUT2D eigenvalue weighted by molar-refractivity contribution is -0.151. The van der Waals surface area contributed by atoms with E-state index < -0.39 is 47.7 Å². The number of epoxide rings is 1. The zero-order chi connectivity index (χ0) is 42.6. The van der Waals surface area contributed by atoms with Crippen molar-refractivity contribution in [2.75, 3.05) is 46.4 Å². The van der Waals surface area contributed by atoms with Gasteiger partial charge in [0.15, 0.2) is 6.10 Å². The molecule has 58 heavy (non-hydrogen) atoms. The lowest BCUT2D eigenvalue weighted by Gasteiger charge is -2.38. The van der Waals surface area contributed by atoms with E-state index >= 15 is 0 Å². The summed E-state index contributed by atoms with van der Waals surface area (Å²) in [7, 11) is 1.55. The van der Waals surface area contributed by atoms with E-state index in [0.29, 0.717) is 52.0 Å². The number of piperazine rings is 1. The fourth-order valence-electron chi connectivity index (χ4n) is 7.96. The van der Waals surface area contributed by atoms with Crippen molar-refractivity contribution in [2.24, 2.45) is 11.8 Å². The summed E-state index contributed by atoms with van der Waals surface area (Å²) in [5.74, 6) is -1.39. The van der Waals surface area contributed by atoms with Crippen molar-refractivity contribution in [2.45, 2.75) is 147 Å². The number of ether oxygens (including phenoxy) is 4. The molecule has 4 aliphatic heterocycles. The molecule has 2 fully saturated rings. The highest BCUT2D eigenvalue weighted by Crippen LogP contribution is 2.38. The van der Waals surface area contributed by atoms with E-state index in [2.05, 4.69) is 4.90 Å². The average Bonchev–Trinajstić information content (AvgIpc) is 3.87. The summed E-state index contributed by atoms with van der Waals surface area (Å²) in [6.45, 7) is 15.0. The smallest absolute Gasteiger partial charge is 0.410 e. The highest BCUT2D eigenvalue weighted by atomic mass is 16.6. The molecule has 4 rings (SSSR count). The number of aliphatic hydroxyl groups excluding tert-OH is 2. The number of unbranched alkanes of at least 4 members (excludes halogenated alkanes) is 3. The Bertz CT molecular complexity index is 1500. The molecule has 0 bridgehead atoms. The van der Waals surface area contributed by atoms with Crippen molar-refractivity contribution in [1.29, 1.82) is 0 Å². The number of carbonyl (C=O) groups is 4. The minimum atomic E-state index is -1.17. The van der Waals surface area contributed by atoms with Crippen molar-refractivity contribution in [3.05, 3.63) is 48.1 Å². The second-order valence-electron chi connectivity index (χ2n) is 17.1. The molecular weight excluding hydrogens is 746 g/mol. The molecule has 0 radical (unpaired) electrons. The van der Waals surface area contributed by atoms with Crippen LogP contribution in [0.15, 0.2) is 48.1 Å². The van der Waals surface area contributed by atoms with Crippen LogP contribution in [0.25, 0.3) is 0 Å². The first-order valence-electron chi connectivity index (χ1n) is 21.2. The van der Waals surface area contributed by atoms with Gasteiger partial charge < -0.3 is 39.2 Å². The van der Waals surface area contributed by atoms with Gasteiger partial charge in [-0.3, -0.25) is 24.2 Å². The number of allylic oxidation sites excluding steroid dienone is 2. The number of carbonyl (C=O) groups excluding carboxylic acids is 4. The minimum absolute atomic E-state index is 0.0195. The first-order chi connectivity index (χ1) is 27.5. The highest BCUT2D eigenvalue weighted by molar-refractivity contribution is 6.12. The number of hydrogen-bond acceptors (Lipinski definition) is 12. The Hall–Kier alpha value is -3.40. The molecule has 3 unspecified atom stereocenters. The van der Waals surface area contributed by atoms with E-state index in [1.165, 1.54) is 17.1 Å². The molecule has 0 saturated carbocycles. The lowest BCUT2D eigenvalue weighted by atomic mass is 9.88. The third-order valence-electron chi connectivity index (χ3n) is 12.2. The van der Waals surface area contributed by atoms with Crippen LogP contribution < -0.4 is 0 Å². The summed E-state index contributed by atoms with van der Waals surface area (Å²) in [5.41, 5.74) is -1.44. The van der Waals surface area contributed by atoms with Gasteiger partial charge in [-0.05, 0) is 71.1 Å². The molecule has 4 heterocycles. The van der Waals surface area contributed by atoms with Crippen molar-refractivity contribution in [3.63, 3.8) is 0 Å². The van der Waals surface area contributed by atoms with Crippen LogP contribution in [0.1, 0.15) is 99.3 Å². The van der Waals surface area contributed by atoms with Gasteiger partial charge >= 0.3 is 12.1 Å². The summed E-state index contributed by atoms with van der Waals surface area (Å²) in [6, 6.07) is 0. The maximum Gasteiger partial charge on any atom is 0.410 e. The van der Waals surface area contributed by atoms with Crippen LogP contribution in [-0.2, 0) is 33.3 Å². The fraction of sp³-hybridized carbons (Fsp3) is 0.727. The third kappa shape index (κ3) is 13.8. The number of nitrogens with zero attached hydrogens (tertiary/aromatic N) is 3. The van der Waals surface area contributed by atoms with Crippen LogP contribution in [0.5, 0.6) is 0 Å². The van der Waals surface area contributed by atoms with Gasteiger partial charge in [0.2, 0.25) is 0 Å². The summed E-state index contributed by atoms with van der Waals surface area (Å²) in [6.07, 6.45) is 12.9. The Kier molecular flexibility index (Phi) is 17.7. The predicted molar refractivity (Wildman–Crippen MR) is 218 cm³/mol. The second-order valence-corrected chi connectivity index (χ2v) is 17.1. The lowest BCUT2D eigenvalue weighted by Crippen LogP contribution is -2.51. The predicted octanol–water partition coefficient (Wildman–Crippen LogP) is 4.47. The quantitative estimate of drug-likeness (QED) is 0.0470. The van der Waals surface area contributed by atoms with Crippen LogP contribution >= 0.6 is 0 Å². The highest BCUT2D eigenvalue weighted by Gasteiger charge is 2.47. The van der Waals surface area contributed by atoms with E-state index in [-0.39, 0.29) is 48.7 Å². The molecule has 14 heteroatoms. The number of amides is 3. The van der Waals surface area contributed by atoms with Crippen molar-refractivity contribution in [3.8, 4) is 0 Å². The molecule has 0 aromatic rings. The van der Waals surface area contributed by atoms with Gasteiger partial charge in [0.05, 0.1) is 36.4 Å². The standard InChI is InChI=1S/C44H69N3O11/c1-8-34(49)32(4)41-35(56-41)29-43(5,54)20-13-14-30(2)40-31(3)15-16-36(44(6,55-7)21-19-33(48)28-39(52)58-40)57-42(53)46-26-24-45(25-27-46)22-11-9-10-12-23-47-37(50)17-18-38(47)51/h13-18,20,31-36,40-41,48-49,54H,8-12,19,21-29H2,1-7H3/b16-15+,20-13+,30-14+/t31-,32?,33+,34?,35-,36-,40+,41-,43?,44+/m0/s1. The van der Waals surface area contributed by atoms with Crippen LogP contribution in [0.3, 0.4) is 0 Å². The van der Waals surface area contributed by atoms with Gasteiger partial charge in [-0.1, -0.05) is 57.9 Å². The fourth-order valence-corrected chi connectivity index (χ4v) is 7.96. The minimum Gasteiger partial charge on any atom is -0.457 e. The van der Waals surface area contributed by atoms with Gasteiger partial charge in [0, 0.05) is 70.2 Å². The molecule has 2 saturated heterocycles. The molecule has 14 nitrogen and oxygen atoms in total. The molecule has 0 aliphatic carbocycles. The zero-order valence-corrected chi connectivity index (χ0v) is 35.7. The summed E-state index contributed by atoms with van der Waals surface area (Å²) in [5, 5.41) is 32.1. The number of esters is 1. The monoisotopic (exact) mass is 815 g/mol. The van der Waals surface area contributed by atoms with Crippen molar-refractivity contribution >= 4 is 23.9 Å². The molecule has 4 aliphatic rings. The van der Waals surface area contributed by atoms with Crippen LogP contribution in [0.4, 0.5) is 4.79 Å². The molecule has 0 aromatic heterocycles. The second kappa shape index (κ2) is 21.7. The topological polar surface area (TPSA) is 179 Å². The first kappa shape index (κ1) is 47.3. The van der Waals surface area contributed by atoms with E-state index in [9.17, 15) is 34.5 Å². The molecule has 0 spiro atoms. The Balaban J connectivity index is 1.34. The maximum absolute atomic E-state index is 13.6. The number of cyclic esters (lactones) is 1. The van der Waals surface area contributed by atoms with Gasteiger partial charge in [-0.2, -0.15) is 0 Å². The number of rotatable bonds is 17. The molecular formula is C44H69N3O11. The largest absolute Gasteiger partial charge is 0.457 e. The maximum atomic E-state index is 13.6. The normalized spacial score (nSPS) is 31.7. The SMILES string of the molecule is CCC(O)C(C)[C@@H]1O[C@H]1CC(C)(O)/C=C/C=C(\C)[C@H]1OC(=O)C[C@H](O)CC[C@@](C)(OC)[C@@H](OC(=O)N2CCN(CCCCCCN3C(=O)C=CC3=O)CC2)/C=C/[C@@H]1C. The molecule has 10 atom stereocenters. The Labute approximate surface area is 344 Å². The van der Waals surface area contributed by atoms with Crippen LogP contribution in [0, 0.1) is 11.8 Å². The third-order valence-corrected chi connectivity index (χ3v) is 12.2. The van der Waals surface area contributed by atoms with E-state index in [0.717, 1.165) is 37.8 Å². The van der Waals surface area contributed by atoms with Gasteiger partial charge in [-0.15, -0.1) is 0 Å². The number of hydrogen-bond donors (Lipinski definition) is 3. The van der Waals surface area contributed by atoms with Crippen molar-refractivity contribution < 1.29 is 53.4 Å². The van der Waals surface area contributed by atoms with E-state index in [1.54, 1.807) is 43.2 Å². The molecule has 3 N–H and O–H groups in total. The van der Waals surface area contributed by atoms with Crippen LogP contribution in [-0.4, -0.2) is 148 Å². The van der Waals surface area contributed by atoms with Gasteiger partial charge in [0.25, 0.3) is 11.8 Å². The van der Waals surface area contributed by atoms with E-state index in [1.807, 2.05) is 40.7 Å². The Morgan fingerprint density at radius 1 is 1.07 bits per heavy atom. The number of methoxy groups -OCH3 is 1. The summed E-state index contributed by atoms with van der Waals surface area (Å²) >= 11 is 0. The average molecular weight is 816 g/mol. The van der Waals surface area contributed by atoms with E-state index in [4.69, 9.17) is 18.9 Å². The number of imide groups is 1. The molecule has 3 amide bonds. The van der Waals surface area contributed by atoms with Gasteiger partial charge in [0.1, 0.15) is 11.7 Å². The van der Waals surface area contributed by atoms with Crippen LogP contribution in [0.2, 0.25) is 0 Å². The Morgan fingerprint density at radius 3 is 2.36 bits per heavy atom. The summed E-state index contributed by atoms with van der Waals surface area (Å²) in [4.78, 5) is 55.4. The molecule has 326 valence electrons. The Morgan fingerprint density at radius 2 is 1.72 bits per heavy atom. The molecule has 0 aromatic carbocycles. The summed E-state index contributed by atoms with van der Waals surface area (Å²) < 4.78 is 23.9.